The second-order valence-corrected chi connectivity index (χ2v) is 2.10. The summed E-state index contributed by atoms with van der Waals surface area (Å²) >= 11 is -1.25. The van der Waals surface area contributed by atoms with Gasteiger partial charge in [0, 0.05) is 0 Å². The summed E-state index contributed by atoms with van der Waals surface area (Å²) in [4.78, 5) is 0. The van der Waals surface area contributed by atoms with Crippen molar-refractivity contribution in [2.75, 3.05) is 0 Å². The molecule has 10 heavy (non-hydrogen) atoms. The maximum atomic E-state index is 12.2. The molecule has 0 saturated heterocycles. The predicted molar refractivity (Wildman–Crippen MR) is 33.5 cm³/mol. The molecular weight excluding hydrogens is 150 g/mol. The van der Waals surface area contributed by atoms with Crippen LogP contribution in [0.25, 0.3) is 0 Å². The molecular formula is C6H4AlFO2. The molecule has 4 heteroatoms. The minimum atomic E-state index is -1.25. The van der Waals surface area contributed by atoms with Crippen molar-refractivity contribution < 1.29 is 12.0 Å². The Balaban J connectivity index is 2.78. The van der Waals surface area contributed by atoms with E-state index in [0.717, 1.165) is 0 Å². The Morgan fingerprint density at radius 1 is 1.30 bits per heavy atom. The van der Waals surface area contributed by atoms with Crippen molar-refractivity contribution in [3.63, 3.8) is 0 Å². The van der Waals surface area contributed by atoms with Crippen LogP contribution >= 0.6 is 0 Å². The van der Waals surface area contributed by atoms with E-state index in [9.17, 15) is 8.19 Å². The van der Waals surface area contributed by atoms with Crippen molar-refractivity contribution in [3.05, 3.63) is 30.1 Å². The molecule has 1 rings (SSSR count). The molecule has 0 amide bonds. The molecule has 0 fully saturated rings. The van der Waals surface area contributed by atoms with Crippen LogP contribution in [0.15, 0.2) is 24.3 Å². The first kappa shape index (κ1) is 7.39. The second-order valence-electron chi connectivity index (χ2n) is 1.67. The Bertz CT molecular complexity index is 222. The van der Waals surface area contributed by atoms with Gasteiger partial charge < -0.3 is 0 Å². The first-order chi connectivity index (χ1) is 4.83. The molecule has 0 saturated carbocycles. The summed E-state index contributed by atoms with van der Waals surface area (Å²) in [6.45, 7) is 0. The molecule has 0 aromatic heterocycles. The molecule has 0 atom stereocenters. The third-order valence-corrected chi connectivity index (χ3v) is 1.37. The number of hydrogen-bond donors (Lipinski definition) is 0. The molecule has 0 bridgehead atoms. The third-order valence-electron chi connectivity index (χ3n) is 0.998. The zero-order valence-corrected chi connectivity index (χ0v) is 6.24. The number of hydrogen-bond acceptors (Lipinski definition) is 2. The van der Waals surface area contributed by atoms with Gasteiger partial charge >= 0.3 is 63.3 Å². The van der Waals surface area contributed by atoms with Gasteiger partial charge in [-0.3, -0.25) is 0 Å². The van der Waals surface area contributed by atoms with Gasteiger partial charge in [0.1, 0.15) is 0 Å². The molecule has 0 unspecified atom stereocenters. The van der Waals surface area contributed by atoms with E-state index in [-0.39, 0.29) is 5.82 Å². The van der Waals surface area contributed by atoms with Crippen LogP contribution in [-0.2, 0) is 3.80 Å². The normalized spacial score (nSPS) is 8.50. The van der Waals surface area contributed by atoms with Crippen molar-refractivity contribution in [2.24, 2.45) is 0 Å². The Morgan fingerprint density at radius 3 is 2.40 bits per heavy atom. The van der Waals surface area contributed by atoms with Gasteiger partial charge in [0.15, 0.2) is 0 Å². The molecule has 0 radical (unpaired) electrons. The summed E-state index contributed by atoms with van der Waals surface area (Å²) in [5.41, 5.74) is 0. The van der Waals surface area contributed by atoms with Crippen molar-refractivity contribution in [2.45, 2.75) is 0 Å². The average molecular weight is 154 g/mol. The van der Waals surface area contributed by atoms with Gasteiger partial charge in [-0.25, -0.2) is 0 Å². The molecule has 0 N–H and O–H groups in total. The third kappa shape index (κ3) is 1.91. The van der Waals surface area contributed by atoms with Gasteiger partial charge in [-0.05, 0) is 0 Å². The fraction of sp³-hybridized carbons (Fsp3) is 0. The van der Waals surface area contributed by atoms with Crippen molar-refractivity contribution in [1.29, 1.82) is 0 Å². The number of halogens is 1. The van der Waals surface area contributed by atoms with E-state index in [4.69, 9.17) is 0 Å². The van der Waals surface area contributed by atoms with Crippen LogP contribution in [0.5, 0.6) is 5.75 Å². The van der Waals surface area contributed by atoms with Crippen molar-refractivity contribution in [1.82, 2.24) is 0 Å². The van der Waals surface area contributed by atoms with Crippen LogP contribution < -0.4 is 3.79 Å². The van der Waals surface area contributed by atoms with Crippen molar-refractivity contribution >= 4 is 15.5 Å². The molecule has 0 aliphatic heterocycles. The Morgan fingerprint density at radius 2 is 1.90 bits per heavy atom. The van der Waals surface area contributed by atoms with Crippen LogP contribution in [0.4, 0.5) is 4.39 Å². The summed E-state index contributed by atoms with van der Waals surface area (Å²) in [5, 5.41) is 0. The van der Waals surface area contributed by atoms with Crippen LogP contribution in [0.1, 0.15) is 0 Å². The summed E-state index contributed by atoms with van der Waals surface area (Å²) in [6, 6.07) is 5.37. The first-order valence-corrected chi connectivity index (χ1v) is 3.63. The zero-order valence-electron chi connectivity index (χ0n) is 5.08. The Kier molecular flexibility index (Phi) is 2.55. The van der Waals surface area contributed by atoms with E-state index in [1.165, 1.54) is 24.3 Å². The fourth-order valence-electron chi connectivity index (χ4n) is 0.569. The Labute approximate surface area is 63.9 Å². The van der Waals surface area contributed by atoms with Gasteiger partial charge in [0.05, 0.1) is 0 Å². The van der Waals surface area contributed by atoms with Crippen LogP contribution in [-0.4, -0.2) is 15.5 Å². The summed E-state index contributed by atoms with van der Waals surface area (Å²) < 4.78 is 26.8. The van der Waals surface area contributed by atoms with Crippen molar-refractivity contribution in [3.8, 4) is 5.75 Å². The van der Waals surface area contributed by atoms with Gasteiger partial charge in [0.2, 0.25) is 0 Å². The standard InChI is InChI=1S/C6H5FO.Al.O/c7-5-1-3-6(8)4-2-5;;/h1-4,8H;;/q;+1;/p-1. The summed E-state index contributed by atoms with van der Waals surface area (Å²) in [5.74, 6) is 0.111. The van der Waals surface area contributed by atoms with Crippen LogP contribution in [0.3, 0.4) is 0 Å². The SMILES string of the molecule is [O]=[Al][O]c1ccc(F)cc1. The molecule has 0 aliphatic rings. The van der Waals surface area contributed by atoms with E-state index in [1.54, 1.807) is 0 Å². The van der Waals surface area contributed by atoms with Gasteiger partial charge in [-0.2, -0.15) is 0 Å². The fourth-order valence-corrected chi connectivity index (χ4v) is 0.837. The summed E-state index contributed by atoms with van der Waals surface area (Å²) in [6.07, 6.45) is 0. The first-order valence-electron chi connectivity index (χ1n) is 2.69. The monoisotopic (exact) mass is 154 g/mol. The molecule has 1 aromatic carbocycles. The molecule has 0 spiro atoms. The number of rotatable bonds is 2. The Hall–Kier alpha value is -0.718. The van der Waals surface area contributed by atoms with E-state index in [0.29, 0.717) is 5.75 Å². The van der Waals surface area contributed by atoms with Gasteiger partial charge in [0.25, 0.3) is 0 Å². The molecule has 0 heterocycles. The van der Waals surface area contributed by atoms with E-state index in [2.05, 4.69) is 3.79 Å². The quantitative estimate of drug-likeness (QED) is 0.597. The van der Waals surface area contributed by atoms with E-state index < -0.39 is 15.5 Å². The molecule has 2 nitrogen and oxygen atoms in total. The predicted octanol–water partition coefficient (Wildman–Crippen LogP) is 1.17. The van der Waals surface area contributed by atoms with E-state index >= 15 is 0 Å². The maximum absolute atomic E-state index is 12.2. The van der Waals surface area contributed by atoms with Crippen LogP contribution in [0.2, 0.25) is 0 Å². The number of benzene rings is 1. The molecule has 1 aromatic rings. The van der Waals surface area contributed by atoms with E-state index in [1.807, 2.05) is 0 Å². The molecule has 0 aliphatic carbocycles. The van der Waals surface area contributed by atoms with Crippen LogP contribution in [0, 0.1) is 5.82 Å². The minimum absolute atomic E-state index is 0.326. The molecule has 50 valence electrons. The average Bonchev–Trinajstić information content (AvgIpc) is 1.95. The summed E-state index contributed by atoms with van der Waals surface area (Å²) in [7, 11) is 0. The second kappa shape index (κ2) is 3.45. The topological polar surface area (TPSA) is 26.3 Å². The van der Waals surface area contributed by atoms with Gasteiger partial charge in [-0.1, -0.05) is 0 Å². The zero-order chi connectivity index (χ0) is 7.40. The van der Waals surface area contributed by atoms with Gasteiger partial charge in [-0.15, -0.1) is 0 Å².